The number of hydrogen-bond acceptors (Lipinski definition) is 3. The van der Waals surface area contributed by atoms with Crippen LogP contribution in [0.4, 0.5) is 5.69 Å². The van der Waals surface area contributed by atoms with E-state index in [1.165, 1.54) is 19.2 Å². The van der Waals surface area contributed by atoms with Crippen LogP contribution in [0.1, 0.15) is 10.4 Å². The summed E-state index contributed by atoms with van der Waals surface area (Å²) in [6.45, 7) is 0. The van der Waals surface area contributed by atoms with Crippen molar-refractivity contribution in [3.05, 3.63) is 27.7 Å². The van der Waals surface area contributed by atoms with Crippen LogP contribution >= 0.6 is 23.2 Å². The van der Waals surface area contributed by atoms with Gasteiger partial charge in [-0.3, -0.25) is 4.79 Å². The number of amides is 1. The highest BCUT2D eigenvalue weighted by Crippen LogP contribution is 2.33. The molecule has 0 spiro atoms. The lowest BCUT2D eigenvalue weighted by atomic mass is 10.2. The molecular formula is C9H7Cl2NO3. The number of ether oxygens (including phenoxy) is 1. The van der Waals surface area contributed by atoms with Crippen LogP contribution in [0, 0.1) is 0 Å². The Morgan fingerprint density at radius 3 is 2.67 bits per heavy atom. The van der Waals surface area contributed by atoms with Crippen molar-refractivity contribution in [2.24, 2.45) is 0 Å². The van der Waals surface area contributed by atoms with E-state index in [0.717, 1.165) is 0 Å². The highest BCUT2D eigenvalue weighted by Gasteiger charge is 2.16. The average Bonchev–Trinajstić information content (AvgIpc) is 2.23. The number of halogens is 2. The first-order valence-corrected chi connectivity index (χ1v) is 4.64. The standard InChI is InChI=1S/C9H7Cl2NO3/c1-15-9(14)5-2-3-6(10)8(7(5)11)12-4-13/h2-4H,1H3,(H,12,13). The Bertz CT molecular complexity index is 407. The zero-order valence-corrected chi connectivity index (χ0v) is 9.22. The molecule has 0 aliphatic carbocycles. The van der Waals surface area contributed by atoms with E-state index < -0.39 is 5.97 Å². The van der Waals surface area contributed by atoms with Gasteiger partial charge in [0.25, 0.3) is 0 Å². The molecular weight excluding hydrogens is 241 g/mol. The number of benzene rings is 1. The van der Waals surface area contributed by atoms with Crippen molar-refractivity contribution in [2.75, 3.05) is 12.4 Å². The summed E-state index contributed by atoms with van der Waals surface area (Å²) in [5.74, 6) is -0.592. The van der Waals surface area contributed by atoms with Crippen LogP contribution in [-0.2, 0) is 9.53 Å². The molecule has 1 amide bonds. The van der Waals surface area contributed by atoms with Crippen molar-refractivity contribution in [3.63, 3.8) is 0 Å². The zero-order valence-electron chi connectivity index (χ0n) is 7.71. The molecule has 15 heavy (non-hydrogen) atoms. The summed E-state index contributed by atoms with van der Waals surface area (Å²) in [6, 6.07) is 2.87. The molecule has 0 saturated carbocycles. The minimum absolute atomic E-state index is 0.0569. The molecule has 0 bridgehead atoms. The predicted octanol–water partition coefficient (Wildman–Crippen LogP) is 2.35. The molecule has 0 unspecified atom stereocenters. The molecule has 1 rings (SSSR count). The van der Waals surface area contributed by atoms with Gasteiger partial charge < -0.3 is 10.1 Å². The number of rotatable bonds is 3. The van der Waals surface area contributed by atoms with Gasteiger partial charge in [-0.05, 0) is 12.1 Å². The normalized spacial score (nSPS) is 9.53. The van der Waals surface area contributed by atoms with Gasteiger partial charge in [0.15, 0.2) is 0 Å². The lowest BCUT2D eigenvalue weighted by Gasteiger charge is -2.08. The molecule has 6 heteroatoms. The van der Waals surface area contributed by atoms with Gasteiger partial charge in [-0.1, -0.05) is 23.2 Å². The van der Waals surface area contributed by atoms with E-state index in [9.17, 15) is 9.59 Å². The average molecular weight is 248 g/mol. The van der Waals surface area contributed by atoms with E-state index in [-0.39, 0.29) is 21.3 Å². The topological polar surface area (TPSA) is 55.4 Å². The molecule has 0 aromatic heterocycles. The Morgan fingerprint density at radius 1 is 1.47 bits per heavy atom. The summed E-state index contributed by atoms with van der Waals surface area (Å²) in [7, 11) is 1.24. The van der Waals surface area contributed by atoms with Gasteiger partial charge in [-0.2, -0.15) is 0 Å². The molecule has 0 aliphatic heterocycles. The lowest BCUT2D eigenvalue weighted by Crippen LogP contribution is -2.05. The predicted molar refractivity (Wildman–Crippen MR) is 57.5 cm³/mol. The molecule has 80 valence electrons. The van der Waals surface area contributed by atoms with Gasteiger partial charge in [-0.15, -0.1) is 0 Å². The van der Waals surface area contributed by atoms with Crippen LogP contribution < -0.4 is 5.32 Å². The maximum absolute atomic E-state index is 11.2. The molecule has 1 aromatic rings. The Balaban J connectivity index is 3.27. The van der Waals surface area contributed by atoms with Crippen LogP contribution in [0.25, 0.3) is 0 Å². The van der Waals surface area contributed by atoms with Gasteiger partial charge in [0.05, 0.1) is 28.4 Å². The van der Waals surface area contributed by atoms with E-state index in [0.29, 0.717) is 6.41 Å². The molecule has 0 atom stereocenters. The van der Waals surface area contributed by atoms with Crippen molar-refractivity contribution < 1.29 is 14.3 Å². The second-order valence-corrected chi connectivity index (χ2v) is 3.32. The Kier molecular flexibility index (Phi) is 3.94. The summed E-state index contributed by atoms with van der Waals surface area (Å²) >= 11 is 11.6. The fourth-order valence-electron chi connectivity index (χ4n) is 1.01. The summed E-state index contributed by atoms with van der Waals surface area (Å²) in [5.41, 5.74) is 0.337. The maximum atomic E-state index is 11.2. The van der Waals surface area contributed by atoms with E-state index in [1.807, 2.05) is 0 Å². The van der Waals surface area contributed by atoms with Gasteiger partial charge in [0.1, 0.15) is 0 Å². The third-order valence-corrected chi connectivity index (χ3v) is 2.41. The number of carbonyl (C=O) groups excluding carboxylic acids is 2. The van der Waals surface area contributed by atoms with E-state index in [1.54, 1.807) is 0 Å². The molecule has 4 nitrogen and oxygen atoms in total. The molecule has 0 heterocycles. The second-order valence-electron chi connectivity index (χ2n) is 2.54. The molecule has 0 aliphatic rings. The number of nitrogens with one attached hydrogen (secondary N) is 1. The fraction of sp³-hybridized carbons (Fsp3) is 0.111. The number of carbonyl (C=O) groups is 2. The van der Waals surface area contributed by atoms with Crippen LogP contribution in [0.2, 0.25) is 10.0 Å². The van der Waals surface area contributed by atoms with Crippen LogP contribution in [-0.4, -0.2) is 19.5 Å². The van der Waals surface area contributed by atoms with Gasteiger partial charge in [-0.25, -0.2) is 4.79 Å². The van der Waals surface area contributed by atoms with E-state index in [4.69, 9.17) is 23.2 Å². The van der Waals surface area contributed by atoms with Gasteiger partial charge in [0.2, 0.25) is 6.41 Å². The number of anilines is 1. The van der Waals surface area contributed by atoms with E-state index >= 15 is 0 Å². The van der Waals surface area contributed by atoms with Crippen molar-refractivity contribution >= 4 is 41.3 Å². The Morgan fingerprint density at radius 2 is 2.13 bits per heavy atom. The first-order chi connectivity index (χ1) is 7.11. The van der Waals surface area contributed by atoms with Crippen molar-refractivity contribution in [2.45, 2.75) is 0 Å². The van der Waals surface area contributed by atoms with Crippen LogP contribution in [0.3, 0.4) is 0 Å². The maximum Gasteiger partial charge on any atom is 0.339 e. The molecule has 1 N–H and O–H groups in total. The van der Waals surface area contributed by atoms with Crippen molar-refractivity contribution in [1.82, 2.24) is 0 Å². The highest BCUT2D eigenvalue weighted by molar-refractivity contribution is 6.41. The second kappa shape index (κ2) is 5.00. The molecule has 0 saturated heterocycles. The third kappa shape index (κ3) is 2.40. The first-order valence-electron chi connectivity index (χ1n) is 3.88. The third-order valence-electron chi connectivity index (χ3n) is 1.70. The minimum atomic E-state index is -0.592. The quantitative estimate of drug-likeness (QED) is 0.659. The molecule has 0 radical (unpaired) electrons. The van der Waals surface area contributed by atoms with E-state index in [2.05, 4.69) is 10.1 Å². The molecule has 0 fully saturated rings. The smallest absolute Gasteiger partial charge is 0.339 e. The van der Waals surface area contributed by atoms with Crippen molar-refractivity contribution in [3.8, 4) is 0 Å². The summed E-state index contributed by atoms with van der Waals surface area (Å²) in [5, 5.41) is 2.62. The Hall–Kier alpha value is -1.26. The highest BCUT2D eigenvalue weighted by atomic mass is 35.5. The van der Waals surface area contributed by atoms with Gasteiger partial charge in [0, 0.05) is 0 Å². The summed E-state index contributed by atoms with van der Waals surface area (Å²) < 4.78 is 4.51. The number of esters is 1. The Labute approximate surface area is 96.1 Å². The minimum Gasteiger partial charge on any atom is -0.465 e. The summed E-state index contributed by atoms with van der Waals surface area (Å²) in [6.07, 6.45) is 0.425. The molecule has 1 aromatic carbocycles. The van der Waals surface area contributed by atoms with Crippen LogP contribution in [0.15, 0.2) is 12.1 Å². The first kappa shape index (κ1) is 11.8. The number of hydrogen-bond donors (Lipinski definition) is 1. The zero-order chi connectivity index (χ0) is 11.4. The lowest BCUT2D eigenvalue weighted by molar-refractivity contribution is -0.105. The van der Waals surface area contributed by atoms with Gasteiger partial charge >= 0.3 is 5.97 Å². The SMILES string of the molecule is COC(=O)c1ccc(Cl)c(NC=O)c1Cl. The summed E-state index contributed by atoms with van der Waals surface area (Å²) in [4.78, 5) is 21.5. The monoisotopic (exact) mass is 247 g/mol. The van der Waals surface area contributed by atoms with Crippen molar-refractivity contribution in [1.29, 1.82) is 0 Å². The van der Waals surface area contributed by atoms with Crippen LogP contribution in [0.5, 0.6) is 0 Å². The fourth-order valence-corrected chi connectivity index (χ4v) is 1.57. The number of methoxy groups -OCH3 is 1. The largest absolute Gasteiger partial charge is 0.465 e.